The van der Waals surface area contributed by atoms with Crippen LogP contribution in [0.25, 0.3) is 0 Å². The number of thiophene rings is 1. The molecule has 1 aromatic rings. The highest BCUT2D eigenvalue weighted by Gasteiger charge is 2.10. The Hall–Kier alpha value is -0.580. The Bertz CT molecular complexity index is 300. The average Bonchev–Trinajstić information content (AvgIpc) is 2.51. The van der Waals surface area contributed by atoms with Gasteiger partial charge in [-0.3, -0.25) is 4.79 Å². The van der Waals surface area contributed by atoms with E-state index >= 15 is 0 Å². The van der Waals surface area contributed by atoms with Crippen LogP contribution in [0.3, 0.4) is 0 Å². The van der Waals surface area contributed by atoms with Crippen LogP contribution in [0.5, 0.6) is 0 Å². The highest BCUT2D eigenvalue weighted by Crippen LogP contribution is 2.18. The molecule has 3 nitrogen and oxygen atoms in total. The molecule has 0 saturated carbocycles. The first-order valence-electron chi connectivity index (χ1n) is 3.88. The standard InChI is InChI=1S/C8H11ClN2OS/c1-5(3-10)11-8(12)7-2-6(9)4-13-7/h2,4-5H,3,10H2,1H3,(H,11,12). The van der Waals surface area contributed by atoms with E-state index in [2.05, 4.69) is 5.32 Å². The summed E-state index contributed by atoms with van der Waals surface area (Å²) in [7, 11) is 0. The van der Waals surface area contributed by atoms with Gasteiger partial charge in [-0.05, 0) is 13.0 Å². The van der Waals surface area contributed by atoms with Gasteiger partial charge in [-0.25, -0.2) is 0 Å². The molecule has 1 aromatic heterocycles. The highest BCUT2D eigenvalue weighted by molar-refractivity contribution is 7.12. The molecular weight excluding hydrogens is 208 g/mol. The highest BCUT2D eigenvalue weighted by atomic mass is 35.5. The second-order valence-corrected chi connectivity index (χ2v) is 4.09. The van der Waals surface area contributed by atoms with Crippen molar-refractivity contribution in [3.63, 3.8) is 0 Å². The van der Waals surface area contributed by atoms with Crippen LogP contribution in [0.1, 0.15) is 16.6 Å². The number of nitrogens with two attached hydrogens (primary N) is 1. The number of rotatable bonds is 3. The van der Waals surface area contributed by atoms with E-state index in [1.807, 2.05) is 6.92 Å². The summed E-state index contributed by atoms with van der Waals surface area (Å²) >= 11 is 7.01. The van der Waals surface area contributed by atoms with E-state index < -0.39 is 0 Å². The quantitative estimate of drug-likeness (QED) is 0.808. The molecular formula is C8H11ClN2OS. The normalized spacial score (nSPS) is 12.5. The summed E-state index contributed by atoms with van der Waals surface area (Å²) in [5.41, 5.74) is 5.37. The SMILES string of the molecule is CC(CN)NC(=O)c1cc(Cl)cs1. The molecule has 0 spiro atoms. The van der Waals surface area contributed by atoms with Crippen LogP contribution in [0.15, 0.2) is 11.4 Å². The van der Waals surface area contributed by atoms with Crippen LogP contribution in [-0.2, 0) is 0 Å². The molecule has 0 aliphatic heterocycles. The molecule has 0 aliphatic carbocycles. The zero-order chi connectivity index (χ0) is 9.84. The van der Waals surface area contributed by atoms with Crippen LogP contribution in [0.4, 0.5) is 0 Å². The molecule has 0 radical (unpaired) electrons. The van der Waals surface area contributed by atoms with Gasteiger partial charge in [0.2, 0.25) is 0 Å². The van der Waals surface area contributed by atoms with Crippen LogP contribution in [0, 0.1) is 0 Å². The van der Waals surface area contributed by atoms with Crippen molar-refractivity contribution in [1.29, 1.82) is 0 Å². The van der Waals surface area contributed by atoms with Crippen molar-refractivity contribution in [3.8, 4) is 0 Å². The van der Waals surface area contributed by atoms with Crippen LogP contribution in [0.2, 0.25) is 5.02 Å². The van der Waals surface area contributed by atoms with E-state index in [0.717, 1.165) is 0 Å². The predicted octanol–water partition coefficient (Wildman–Crippen LogP) is 1.48. The molecule has 72 valence electrons. The minimum absolute atomic E-state index is 0.00613. The minimum Gasteiger partial charge on any atom is -0.348 e. The van der Waals surface area contributed by atoms with Gasteiger partial charge in [0.25, 0.3) is 5.91 Å². The first kappa shape index (κ1) is 10.5. The second kappa shape index (κ2) is 4.60. The van der Waals surface area contributed by atoms with Gasteiger partial charge in [-0.15, -0.1) is 11.3 Å². The second-order valence-electron chi connectivity index (χ2n) is 2.74. The number of halogens is 1. The average molecular weight is 219 g/mol. The maximum atomic E-state index is 11.4. The third-order valence-electron chi connectivity index (χ3n) is 1.52. The summed E-state index contributed by atoms with van der Waals surface area (Å²) in [5.74, 6) is -0.116. The molecule has 0 saturated heterocycles. The smallest absolute Gasteiger partial charge is 0.261 e. The lowest BCUT2D eigenvalue weighted by molar-refractivity contribution is 0.0945. The number of hydrogen-bond acceptors (Lipinski definition) is 3. The maximum absolute atomic E-state index is 11.4. The molecule has 3 N–H and O–H groups in total. The minimum atomic E-state index is -0.116. The lowest BCUT2D eigenvalue weighted by atomic mass is 10.3. The fourth-order valence-corrected chi connectivity index (χ4v) is 1.76. The van der Waals surface area contributed by atoms with Crippen molar-refractivity contribution in [2.45, 2.75) is 13.0 Å². The molecule has 0 fully saturated rings. The first-order valence-corrected chi connectivity index (χ1v) is 5.14. The lowest BCUT2D eigenvalue weighted by Crippen LogP contribution is -2.37. The third-order valence-corrected chi connectivity index (χ3v) is 2.80. The number of nitrogens with one attached hydrogen (secondary N) is 1. The number of carbonyl (C=O) groups is 1. The van der Waals surface area contributed by atoms with Crippen LogP contribution >= 0.6 is 22.9 Å². The van der Waals surface area contributed by atoms with Gasteiger partial charge in [-0.2, -0.15) is 0 Å². The van der Waals surface area contributed by atoms with E-state index in [0.29, 0.717) is 16.4 Å². The summed E-state index contributed by atoms with van der Waals surface area (Å²) in [6.07, 6.45) is 0. The molecule has 1 rings (SSSR count). The fraction of sp³-hybridized carbons (Fsp3) is 0.375. The lowest BCUT2D eigenvalue weighted by Gasteiger charge is -2.09. The zero-order valence-corrected chi connectivity index (χ0v) is 8.78. The topological polar surface area (TPSA) is 55.1 Å². The molecule has 1 unspecified atom stereocenters. The van der Waals surface area contributed by atoms with Crippen LogP contribution < -0.4 is 11.1 Å². The molecule has 5 heteroatoms. The van der Waals surface area contributed by atoms with Gasteiger partial charge < -0.3 is 11.1 Å². The van der Waals surface area contributed by atoms with Crippen molar-refractivity contribution in [1.82, 2.24) is 5.32 Å². The number of amides is 1. The van der Waals surface area contributed by atoms with Crippen molar-refractivity contribution >= 4 is 28.8 Å². The first-order chi connectivity index (χ1) is 6.13. The molecule has 1 atom stereocenters. The predicted molar refractivity (Wildman–Crippen MR) is 55.3 cm³/mol. The Morgan fingerprint density at radius 3 is 3.00 bits per heavy atom. The number of carbonyl (C=O) groups excluding carboxylic acids is 1. The summed E-state index contributed by atoms with van der Waals surface area (Å²) in [4.78, 5) is 12.0. The van der Waals surface area contributed by atoms with E-state index in [4.69, 9.17) is 17.3 Å². The monoisotopic (exact) mass is 218 g/mol. The molecule has 0 aliphatic rings. The Morgan fingerprint density at radius 2 is 2.54 bits per heavy atom. The third kappa shape index (κ3) is 2.99. The Balaban J connectivity index is 2.58. The van der Waals surface area contributed by atoms with Gasteiger partial charge in [-0.1, -0.05) is 11.6 Å². The van der Waals surface area contributed by atoms with Gasteiger partial charge in [0.15, 0.2) is 0 Å². The summed E-state index contributed by atoms with van der Waals surface area (Å²) in [6.45, 7) is 2.29. The zero-order valence-electron chi connectivity index (χ0n) is 7.21. The van der Waals surface area contributed by atoms with Crippen molar-refractivity contribution in [3.05, 3.63) is 21.3 Å². The van der Waals surface area contributed by atoms with E-state index in [-0.39, 0.29) is 11.9 Å². The Labute approximate surface area is 85.9 Å². The maximum Gasteiger partial charge on any atom is 0.261 e. The van der Waals surface area contributed by atoms with Gasteiger partial charge in [0.05, 0.1) is 9.90 Å². The summed E-state index contributed by atoms with van der Waals surface area (Å²) < 4.78 is 0. The van der Waals surface area contributed by atoms with Gasteiger partial charge in [0.1, 0.15) is 0 Å². The van der Waals surface area contributed by atoms with Crippen LogP contribution in [-0.4, -0.2) is 18.5 Å². The summed E-state index contributed by atoms with van der Waals surface area (Å²) in [5, 5.41) is 5.07. The Morgan fingerprint density at radius 1 is 1.85 bits per heavy atom. The van der Waals surface area contributed by atoms with Gasteiger partial charge >= 0.3 is 0 Å². The molecule has 13 heavy (non-hydrogen) atoms. The van der Waals surface area contributed by atoms with E-state index in [1.54, 1.807) is 11.4 Å². The summed E-state index contributed by atoms with van der Waals surface area (Å²) in [6, 6.07) is 1.64. The molecule has 1 heterocycles. The molecule has 1 amide bonds. The van der Waals surface area contributed by atoms with Gasteiger partial charge in [0, 0.05) is 18.0 Å². The molecule has 0 aromatic carbocycles. The van der Waals surface area contributed by atoms with Crippen molar-refractivity contribution in [2.24, 2.45) is 5.73 Å². The fourth-order valence-electron chi connectivity index (χ4n) is 0.786. The van der Waals surface area contributed by atoms with Crippen molar-refractivity contribution < 1.29 is 4.79 Å². The number of hydrogen-bond donors (Lipinski definition) is 2. The van der Waals surface area contributed by atoms with E-state index in [1.165, 1.54) is 11.3 Å². The van der Waals surface area contributed by atoms with Crippen molar-refractivity contribution in [2.75, 3.05) is 6.54 Å². The van der Waals surface area contributed by atoms with E-state index in [9.17, 15) is 4.79 Å². The Kier molecular flexibility index (Phi) is 3.71. The molecule has 0 bridgehead atoms. The largest absolute Gasteiger partial charge is 0.348 e.